The van der Waals surface area contributed by atoms with E-state index in [0.717, 1.165) is 17.7 Å². The van der Waals surface area contributed by atoms with E-state index in [0.29, 0.717) is 36.3 Å². The minimum absolute atomic E-state index is 0.0554. The largest absolute Gasteiger partial charge is 0.416 e. The molecule has 4 nitrogen and oxygen atoms in total. The Hall–Kier alpha value is -2.41. The first-order valence-electron chi connectivity index (χ1n) is 7.07. The Morgan fingerprint density at radius 3 is 2.74 bits per heavy atom. The van der Waals surface area contributed by atoms with Gasteiger partial charge < -0.3 is 11.1 Å². The fourth-order valence-corrected chi connectivity index (χ4v) is 2.72. The van der Waals surface area contributed by atoms with E-state index < -0.39 is 17.6 Å². The quantitative estimate of drug-likeness (QED) is 0.893. The maximum absolute atomic E-state index is 12.9. The number of alkyl halides is 3. The molecule has 0 saturated carbocycles. The lowest BCUT2D eigenvalue weighted by molar-refractivity contribution is -0.137. The van der Waals surface area contributed by atoms with Crippen molar-refractivity contribution in [3.05, 3.63) is 52.8 Å². The van der Waals surface area contributed by atoms with Crippen LogP contribution >= 0.6 is 0 Å². The summed E-state index contributed by atoms with van der Waals surface area (Å²) in [6, 6.07) is 6.53. The SMILES string of the molecule is NC(=O)c1cc(-c2cccc(C(F)(F)F)c2)c2c(n1)CNCC2. The number of amides is 1. The average molecular weight is 321 g/mol. The molecule has 1 aliphatic rings. The Bertz CT molecular complexity index is 772. The lowest BCUT2D eigenvalue weighted by Gasteiger charge is -2.21. The topological polar surface area (TPSA) is 68.0 Å². The van der Waals surface area contributed by atoms with Crippen LogP contribution in [0.15, 0.2) is 30.3 Å². The van der Waals surface area contributed by atoms with Crippen LogP contribution in [-0.4, -0.2) is 17.4 Å². The number of benzene rings is 1. The van der Waals surface area contributed by atoms with Gasteiger partial charge in [-0.1, -0.05) is 12.1 Å². The molecular formula is C16H14F3N3O. The maximum Gasteiger partial charge on any atom is 0.416 e. The second-order valence-corrected chi connectivity index (χ2v) is 5.35. The standard InChI is InChI=1S/C16H14F3N3O/c17-16(18,19)10-3-1-2-9(6-10)12-7-13(15(20)23)22-14-8-21-5-4-11(12)14/h1-3,6-7,21H,4-5,8H2,(H2,20,23). The van der Waals surface area contributed by atoms with Crippen molar-refractivity contribution < 1.29 is 18.0 Å². The van der Waals surface area contributed by atoms with Gasteiger partial charge in [-0.2, -0.15) is 13.2 Å². The first-order chi connectivity index (χ1) is 10.9. The monoisotopic (exact) mass is 321 g/mol. The summed E-state index contributed by atoms with van der Waals surface area (Å²) in [7, 11) is 0. The number of nitrogens with one attached hydrogen (secondary N) is 1. The third kappa shape index (κ3) is 3.05. The highest BCUT2D eigenvalue weighted by molar-refractivity contribution is 5.92. The number of fused-ring (bicyclic) bond motifs is 1. The molecule has 0 bridgehead atoms. The number of carbonyl (C=O) groups is 1. The van der Waals surface area contributed by atoms with Crippen LogP contribution in [0.3, 0.4) is 0 Å². The van der Waals surface area contributed by atoms with Crippen molar-refractivity contribution in [2.24, 2.45) is 5.73 Å². The summed E-state index contributed by atoms with van der Waals surface area (Å²) < 4.78 is 38.8. The highest BCUT2D eigenvalue weighted by Crippen LogP contribution is 2.34. The van der Waals surface area contributed by atoms with Gasteiger partial charge in [0.15, 0.2) is 0 Å². The predicted octanol–water partition coefficient (Wildman–Crippen LogP) is 2.51. The second kappa shape index (κ2) is 5.66. The average Bonchev–Trinajstić information content (AvgIpc) is 2.53. The minimum Gasteiger partial charge on any atom is -0.364 e. The zero-order valence-corrected chi connectivity index (χ0v) is 12.1. The van der Waals surface area contributed by atoms with Gasteiger partial charge in [0, 0.05) is 6.54 Å². The van der Waals surface area contributed by atoms with Crippen molar-refractivity contribution in [1.82, 2.24) is 10.3 Å². The van der Waals surface area contributed by atoms with Crippen molar-refractivity contribution in [1.29, 1.82) is 0 Å². The lowest BCUT2D eigenvalue weighted by atomic mass is 9.93. The van der Waals surface area contributed by atoms with E-state index in [1.807, 2.05) is 0 Å². The molecule has 2 aromatic rings. The van der Waals surface area contributed by atoms with Crippen LogP contribution in [0, 0.1) is 0 Å². The van der Waals surface area contributed by atoms with Gasteiger partial charge in [0.2, 0.25) is 0 Å². The number of halogens is 3. The normalized spacial score (nSPS) is 14.4. The van der Waals surface area contributed by atoms with Crippen LogP contribution in [-0.2, 0) is 19.1 Å². The third-order valence-electron chi connectivity index (χ3n) is 3.81. The molecule has 3 N–H and O–H groups in total. The summed E-state index contributed by atoms with van der Waals surface area (Å²) in [5.41, 5.74) is 7.11. The molecule has 2 heterocycles. The van der Waals surface area contributed by atoms with Crippen LogP contribution in [0.25, 0.3) is 11.1 Å². The first-order valence-corrected chi connectivity index (χ1v) is 7.07. The molecule has 120 valence electrons. The smallest absolute Gasteiger partial charge is 0.364 e. The van der Waals surface area contributed by atoms with E-state index in [-0.39, 0.29) is 5.69 Å². The Morgan fingerprint density at radius 1 is 1.26 bits per heavy atom. The van der Waals surface area contributed by atoms with E-state index in [1.54, 1.807) is 6.07 Å². The molecule has 7 heteroatoms. The van der Waals surface area contributed by atoms with Crippen molar-refractivity contribution in [2.45, 2.75) is 19.1 Å². The highest BCUT2D eigenvalue weighted by atomic mass is 19.4. The Balaban J connectivity index is 2.19. The lowest BCUT2D eigenvalue weighted by Crippen LogP contribution is -2.27. The second-order valence-electron chi connectivity index (χ2n) is 5.35. The van der Waals surface area contributed by atoms with Gasteiger partial charge in [-0.3, -0.25) is 4.79 Å². The van der Waals surface area contributed by atoms with Crippen molar-refractivity contribution in [3.63, 3.8) is 0 Å². The summed E-state index contributed by atoms with van der Waals surface area (Å²) in [6.07, 6.45) is -3.79. The van der Waals surface area contributed by atoms with Crippen LogP contribution < -0.4 is 11.1 Å². The van der Waals surface area contributed by atoms with Crippen LogP contribution in [0.1, 0.15) is 27.3 Å². The van der Waals surface area contributed by atoms with Crippen LogP contribution in [0.5, 0.6) is 0 Å². The van der Waals surface area contributed by atoms with E-state index >= 15 is 0 Å². The Kier molecular flexibility index (Phi) is 3.81. The van der Waals surface area contributed by atoms with Gasteiger partial charge in [0.05, 0.1) is 11.3 Å². The number of nitrogens with two attached hydrogens (primary N) is 1. The summed E-state index contributed by atoms with van der Waals surface area (Å²) >= 11 is 0. The van der Waals surface area contributed by atoms with Gasteiger partial charge in [-0.05, 0) is 47.9 Å². The van der Waals surface area contributed by atoms with Crippen molar-refractivity contribution in [3.8, 4) is 11.1 Å². The fraction of sp³-hybridized carbons (Fsp3) is 0.250. The molecule has 1 aliphatic heterocycles. The summed E-state index contributed by atoms with van der Waals surface area (Å²) in [5.74, 6) is -0.702. The van der Waals surface area contributed by atoms with Gasteiger partial charge >= 0.3 is 6.18 Å². The molecule has 0 saturated heterocycles. The summed E-state index contributed by atoms with van der Waals surface area (Å²) in [4.78, 5) is 15.7. The number of pyridine rings is 1. The molecule has 0 fully saturated rings. The zero-order chi connectivity index (χ0) is 16.6. The van der Waals surface area contributed by atoms with Crippen LogP contribution in [0.2, 0.25) is 0 Å². The molecule has 3 rings (SSSR count). The summed E-state index contributed by atoms with van der Waals surface area (Å²) in [5, 5.41) is 3.13. The van der Waals surface area contributed by atoms with Gasteiger partial charge in [-0.15, -0.1) is 0 Å². The number of hydrogen-bond acceptors (Lipinski definition) is 3. The Labute approximate surface area is 130 Å². The van der Waals surface area contributed by atoms with E-state index in [1.165, 1.54) is 12.1 Å². The fourth-order valence-electron chi connectivity index (χ4n) is 2.72. The number of nitrogens with zero attached hydrogens (tertiary/aromatic N) is 1. The molecule has 0 aliphatic carbocycles. The number of hydrogen-bond donors (Lipinski definition) is 2. The molecule has 1 aromatic carbocycles. The van der Waals surface area contributed by atoms with E-state index in [4.69, 9.17) is 5.73 Å². The summed E-state index contributed by atoms with van der Waals surface area (Å²) in [6.45, 7) is 1.17. The van der Waals surface area contributed by atoms with Crippen molar-refractivity contribution in [2.75, 3.05) is 6.54 Å². The third-order valence-corrected chi connectivity index (χ3v) is 3.81. The van der Waals surface area contributed by atoms with Gasteiger partial charge in [-0.25, -0.2) is 4.98 Å². The van der Waals surface area contributed by atoms with E-state index in [9.17, 15) is 18.0 Å². The van der Waals surface area contributed by atoms with Crippen LogP contribution in [0.4, 0.5) is 13.2 Å². The molecule has 1 aromatic heterocycles. The highest BCUT2D eigenvalue weighted by Gasteiger charge is 2.31. The number of primary amides is 1. The van der Waals surface area contributed by atoms with Gasteiger partial charge in [0.1, 0.15) is 5.69 Å². The molecule has 23 heavy (non-hydrogen) atoms. The van der Waals surface area contributed by atoms with Gasteiger partial charge in [0.25, 0.3) is 5.91 Å². The molecular weight excluding hydrogens is 307 g/mol. The van der Waals surface area contributed by atoms with Crippen molar-refractivity contribution >= 4 is 5.91 Å². The molecule has 0 unspecified atom stereocenters. The molecule has 1 amide bonds. The van der Waals surface area contributed by atoms with E-state index in [2.05, 4.69) is 10.3 Å². The Morgan fingerprint density at radius 2 is 2.04 bits per heavy atom. The predicted molar refractivity (Wildman–Crippen MR) is 78.6 cm³/mol. The maximum atomic E-state index is 12.9. The first kappa shape index (κ1) is 15.5. The zero-order valence-electron chi connectivity index (χ0n) is 12.1. The number of carbonyl (C=O) groups excluding carboxylic acids is 1. The number of aromatic nitrogens is 1. The minimum atomic E-state index is -4.42. The number of rotatable bonds is 2. The molecule has 0 spiro atoms. The molecule has 0 atom stereocenters. The molecule has 0 radical (unpaired) electrons.